The van der Waals surface area contributed by atoms with Gasteiger partial charge in [0.15, 0.2) is 0 Å². The number of hydrogen-bond acceptors (Lipinski definition) is 4. The highest BCUT2D eigenvalue weighted by Crippen LogP contribution is 2.13. The van der Waals surface area contributed by atoms with Crippen molar-refractivity contribution in [3.8, 4) is 0 Å². The lowest BCUT2D eigenvalue weighted by Crippen LogP contribution is -2.50. The third kappa shape index (κ3) is 2.54. The SMILES string of the molecule is CCc1cnc(CNC(=O)C2CNC2)s1. The Morgan fingerprint density at radius 3 is 3.07 bits per heavy atom. The molecule has 15 heavy (non-hydrogen) atoms. The number of aryl methyl sites for hydroxylation is 1. The summed E-state index contributed by atoms with van der Waals surface area (Å²) in [6, 6.07) is 0. The zero-order valence-electron chi connectivity index (χ0n) is 8.75. The molecular formula is C10H15N3OS. The average molecular weight is 225 g/mol. The van der Waals surface area contributed by atoms with Crippen LogP contribution in [0, 0.1) is 5.92 Å². The maximum absolute atomic E-state index is 11.5. The van der Waals surface area contributed by atoms with E-state index in [-0.39, 0.29) is 11.8 Å². The number of aromatic nitrogens is 1. The van der Waals surface area contributed by atoms with Gasteiger partial charge in [-0.05, 0) is 6.42 Å². The van der Waals surface area contributed by atoms with Gasteiger partial charge in [-0.3, -0.25) is 4.79 Å². The highest BCUT2D eigenvalue weighted by Gasteiger charge is 2.24. The number of hydrogen-bond donors (Lipinski definition) is 2. The molecule has 5 heteroatoms. The molecule has 2 heterocycles. The van der Waals surface area contributed by atoms with Crippen molar-refractivity contribution in [1.82, 2.24) is 15.6 Å². The first-order valence-electron chi connectivity index (χ1n) is 5.21. The van der Waals surface area contributed by atoms with Gasteiger partial charge in [-0.2, -0.15) is 0 Å². The Bertz CT molecular complexity index is 346. The summed E-state index contributed by atoms with van der Waals surface area (Å²) in [5, 5.41) is 6.98. The lowest BCUT2D eigenvalue weighted by atomic mass is 10.0. The van der Waals surface area contributed by atoms with Gasteiger partial charge in [0.25, 0.3) is 0 Å². The summed E-state index contributed by atoms with van der Waals surface area (Å²) in [5.41, 5.74) is 0. The quantitative estimate of drug-likeness (QED) is 0.786. The van der Waals surface area contributed by atoms with E-state index in [1.165, 1.54) is 4.88 Å². The third-order valence-electron chi connectivity index (χ3n) is 2.52. The molecular weight excluding hydrogens is 210 g/mol. The van der Waals surface area contributed by atoms with Crippen LogP contribution < -0.4 is 10.6 Å². The predicted octanol–water partition coefficient (Wildman–Crippen LogP) is 0.541. The van der Waals surface area contributed by atoms with Crippen molar-refractivity contribution in [3.63, 3.8) is 0 Å². The Labute approximate surface area is 93.1 Å². The molecule has 1 fully saturated rings. The van der Waals surface area contributed by atoms with Crippen LogP contribution in [0.5, 0.6) is 0 Å². The largest absolute Gasteiger partial charge is 0.349 e. The van der Waals surface area contributed by atoms with Gasteiger partial charge in [-0.15, -0.1) is 11.3 Å². The number of amides is 1. The van der Waals surface area contributed by atoms with Crippen LogP contribution in [-0.2, 0) is 17.8 Å². The fourth-order valence-electron chi connectivity index (χ4n) is 1.37. The van der Waals surface area contributed by atoms with E-state index >= 15 is 0 Å². The van der Waals surface area contributed by atoms with Gasteiger partial charge in [-0.25, -0.2) is 4.98 Å². The molecule has 2 rings (SSSR count). The van der Waals surface area contributed by atoms with Crippen LogP contribution in [0.2, 0.25) is 0 Å². The summed E-state index contributed by atoms with van der Waals surface area (Å²) in [5.74, 6) is 0.303. The molecule has 0 radical (unpaired) electrons. The van der Waals surface area contributed by atoms with Gasteiger partial charge < -0.3 is 10.6 Å². The third-order valence-corrected chi connectivity index (χ3v) is 3.66. The Balaban J connectivity index is 1.79. The number of nitrogens with zero attached hydrogens (tertiary/aromatic N) is 1. The van der Waals surface area contributed by atoms with E-state index in [1.807, 2.05) is 6.20 Å². The van der Waals surface area contributed by atoms with Crippen LogP contribution >= 0.6 is 11.3 Å². The van der Waals surface area contributed by atoms with Gasteiger partial charge in [0, 0.05) is 24.2 Å². The zero-order valence-corrected chi connectivity index (χ0v) is 9.56. The zero-order chi connectivity index (χ0) is 10.7. The van der Waals surface area contributed by atoms with E-state index in [4.69, 9.17) is 0 Å². The summed E-state index contributed by atoms with van der Waals surface area (Å²) >= 11 is 1.67. The van der Waals surface area contributed by atoms with Crippen LogP contribution in [0.3, 0.4) is 0 Å². The number of thiazole rings is 1. The predicted molar refractivity (Wildman–Crippen MR) is 59.7 cm³/mol. The van der Waals surface area contributed by atoms with Crippen molar-refractivity contribution in [2.75, 3.05) is 13.1 Å². The molecule has 2 N–H and O–H groups in total. The van der Waals surface area contributed by atoms with Crippen LogP contribution in [0.1, 0.15) is 16.8 Å². The Hall–Kier alpha value is -0.940. The van der Waals surface area contributed by atoms with Gasteiger partial charge in [0.2, 0.25) is 5.91 Å². The normalized spacial score (nSPS) is 16.1. The van der Waals surface area contributed by atoms with E-state index in [0.29, 0.717) is 6.54 Å². The smallest absolute Gasteiger partial charge is 0.226 e. The molecule has 1 aliphatic heterocycles. The molecule has 0 saturated carbocycles. The van der Waals surface area contributed by atoms with Crippen LogP contribution in [-0.4, -0.2) is 24.0 Å². The first kappa shape index (κ1) is 10.6. The maximum atomic E-state index is 11.5. The number of carbonyl (C=O) groups excluding carboxylic acids is 1. The topological polar surface area (TPSA) is 54.0 Å². The highest BCUT2D eigenvalue weighted by molar-refractivity contribution is 7.11. The van der Waals surface area contributed by atoms with Gasteiger partial charge >= 0.3 is 0 Å². The van der Waals surface area contributed by atoms with Gasteiger partial charge in [0.1, 0.15) is 5.01 Å². The summed E-state index contributed by atoms with van der Waals surface area (Å²) < 4.78 is 0. The molecule has 0 aromatic carbocycles. The van der Waals surface area contributed by atoms with E-state index in [9.17, 15) is 4.79 Å². The van der Waals surface area contributed by atoms with Crippen LogP contribution in [0.25, 0.3) is 0 Å². The number of carbonyl (C=O) groups is 1. The summed E-state index contributed by atoms with van der Waals surface area (Å²) in [6.45, 7) is 4.30. The Kier molecular flexibility index (Phi) is 3.33. The Morgan fingerprint density at radius 1 is 1.73 bits per heavy atom. The number of nitrogens with one attached hydrogen (secondary N) is 2. The fourth-order valence-corrected chi connectivity index (χ4v) is 2.18. The first-order chi connectivity index (χ1) is 7.29. The molecule has 0 atom stereocenters. The molecule has 0 unspecified atom stereocenters. The second-order valence-corrected chi connectivity index (χ2v) is 4.85. The van der Waals surface area contributed by atoms with E-state index < -0.39 is 0 Å². The lowest BCUT2D eigenvalue weighted by molar-refractivity contribution is -0.126. The molecule has 1 aromatic heterocycles. The molecule has 1 saturated heterocycles. The number of rotatable bonds is 4. The van der Waals surface area contributed by atoms with Crippen LogP contribution in [0.15, 0.2) is 6.20 Å². The Morgan fingerprint density at radius 2 is 2.53 bits per heavy atom. The van der Waals surface area contributed by atoms with Crippen molar-refractivity contribution in [2.24, 2.45) is 5.92 Å². The van der Waals surface area contributed by atoms with Crippen molar-refractivity contribution in [2.45, 2.75) is 19.9 Å². The molecule has 0 aliphatic carbocycles. The molecule has 4 nitrogen and oxygen atoms in total. The van der Waals surface area contributed by atoms with Crippen LogP contribution in [0.4, 0.5) is 0 Å². The summed E-state index contributed by atoms with van der Waals surface area (Å²) in [4.78, 5) is 17.0. The second kappa shape index (κ2) is 4.72. The molecule has 0 spiro atoms. The minimum absolute atomic E-state index is 0.141. The minimum atomic E-state index is 0.141. The molecule has 1 aromatic rings. The molecule has 82 valence electrons. The monoisotopic (exact) mass is 225 g/mol. The van der Waals surface area contributed by atoms with E-state index in [1.54, 1.807) is 11.3 Å². The van der Waals surface area contributed by atoms with Gasteiger partial charge in [-0.1, -0.05) is 6.92 Å². The highest BCUT2D eigenvalue weighted by atomic mass is 32.1. The van der Waals surface area contributed by atoms with Crippen molar-refractivity contribution < 1.29 is 4.79 Å². The molecule has 1 aliphatic rings. The van der Waals surface area contributed by atoms with Crippen molar-refractivity contribution >= 4 is 17.2 Å². The maximum Gasteiger partial charge on any atom is 0.226 e. The molecule has 1 amide bonds. The average Bonchev–Trinajstić information content (AvgIpc) is 2.59. The molecule has 0 bridgehead atoms. The van der Waals surface area contributed by atoms with Crippen molar-refractivity contribution in [3.05, 3.63) is 16.1 Å². The fraction of sp³-hybridized carbons (Fsp3) is 0.600. The van der Waals surface area contributed by atoms with E-state index in [2.05, 4.69) is 22.5 Å². The first-order valence-corrected chi connectivity index (χ1v) is 6.03. The minimum Gasteiger partial charge on any atom is -0.349 e. The van der Waals surface area contributed by atoms with Crippen molar-refractivity contribution in [1.29, 1.82) is 0 Å². The lowest BCUT2D eigenvalue weighted by Gasteiger charge is -2.25. The van der Waals surface area contributed by atoms with E-state index in [0.717, 1.165) is 24.5 Å². The summed E-state index contributed by atoms with van der Waals surface area (Å²) in [7, 11) is 0. The van der Waals surface area contributed by atoms with Gasteiger partial charge in [0.05, 0.1) is 12.5 Å². The second-order valence-electron chi connectivity index (χ2n) is 3.65. The standard InChI is InChI=1S/C10H15N3OS/c1-2-8-5-12-9(15-8)6-13-10(14)7-3-11-4-7/h5,7,11H,2-4,6H2,1H3,(H,13,14). The summed E-state index contributed by atoms with van der Waals surface area (Å²) in [6.07, 6.45) is 2.90.